The van der Waals surface area contributed by atoms with Crippen molar-refractivity contribution in [1.82, 2.24) is 35.1 Å². The summed E-state index contributed by atoms with van der Waals surface area (Å²) in [6, 6.07) is 5.52. The fourth-order valence-corrected chi connectivity index (χ4v) is 2.46. The van der Waals surface area contributed by atoms with Crippen molar-refractivity contribution < 1.29 is 4.79 Å². The molecule has 3 rings (SSSR count). The molecular formula is C14H17N7O. The van der Waals surface area contributed by atoms with Crippen molar-refractivity contribution in [2.45, 2.75) is 26.8 Å². The smallest absolute Gasteiger partial charge is 0.255 e. The fraction of sp³-hybridized carbons (Fsp3) is 0.357. The van der Waals surface area contributed by atoms with Crippen LogP contribution in [0.25, 0.3) is 5.65 Å². The maximum absolute atomic E-state index is 12.3. The number of fused-ring (bicyclic) bond motifs is 1. The summed E-state index contributed by atoms with van der Waals surface area (Å²) < 4.78 is 3.38. The molecule has 0 aliphatic heterocycles. The van der Waals surface area contributed by atoms with E-state index in [0.717, 1.165) is 11.4 Å². The summed E-state index contributed by atoms with van der Waals surface area (Å²) in [6.07, 6.45) is 1.70. The molecule has 1 N–H and O–H groups in total. The highest BCUT2D eigenvalue weighted by atomic mass is 16.1. The summed E-state index contributed by atoms with van der Waals surface area (Å²) >= 11 is 0. The molecule has 0 aliphatic carbocycles. The average Bonchev–Trinajstić information content (AvgIpc) is 3.10. The molecule has 1 amide bonds. The Morgan fingerprint density at radius 1 is 1.41 bits per heavy atom. The third-order valence-corrected chi connectivity index (χ3v) is 3.49. The molecule has 8 heteroatoms. The maximum Gasteiger partial charge on any atom is 0.255 e. The standard InChI is InChI=1S/C14H17N7O/c1-9-7-10(2)21(17-9)11(3)8-15-14(22)12-5-4-6-20-13(12)16-18-19-20/h4-7,11H,8H2,1-3H3,(H,15,22)/t11-/m0/s1. The van der Waals surface area contributed by atoms with Crippen molar-refractivity contribution in [2.24, 2.45) is 0 Å². The molecule has 3 aromatic rings. The minimum Gasteiger partial charge on any atom is -0.350 e. The predicted molar refractivity (Wildman–Crippen MR) is 79.5 cm³/mol. The number of nitrogens with one attached hydrogen (secondary N) is 1. The van der Waals surface area contributed by atoms with Gasteiger partial charge in [0.2, 0.25) is 0 Å². The van der Waals surface area contributed by atoms with Gasteiger partial charge in [0, 0.05) is 18.4 Å². The summed E-state index contributed by atoms with van der Waals surface area (Å²) in [5, 5.41) is 18.6. The maximum atomic E-state index is 12.3. The molecule has 3 heterocycles. The zero-order valence-corrected chi connectivity index (χ0v) is 12.7. The quantitative estimate of drug-likeness (QED) is 0.774. The number of aryl methyl sites for hydroxylation is 2. The van der Waals surface area contributed by atoms with Crippen LogP contribution in [0.15, 0.2) is 24.4 Å². The number of amides is 1. The summed E-state index contributed by atoms with van der Waals surface area (Å²) in [5.41, 5.74) is 2.94. The molecule has 1 atom stereocenters. The number of tetrazole rings is 1. The van der Waals surface area contributed by atoms with E-state index in [2.05, 4.69) is 25.9 Å². The second-order valence-electron chi connectivity index (χ2n) is 5.30. The average molecular weight is 299 g/mol. The summed E-state index contributed by atoms with van der Waals surface area (Å²) in [6.45, 7) is 6.44. The van der Waals surface area contributed by atoms with E-state index < -0.39 is 0 Å². The first kappa shape index (κ1) is 14.2. The Morgan fingerprint density at radius 3 is 2.95 bits per heavy atom. The van der Waals surface area contributed by atoms with Crippen LogP contribution in [0, 0.1) is 13.8 Å². The topological polar surface area (TPSA) is 90.0 Å². The van der Waals surface area contributed by atoms with E-state index in [4.69, 9.17) is 0 Å². The van der Waals surface area contributed by atoms with Gasteiger partial charge in [-0.15, -0.1) is 5.10 Å². The van der Waals surface area contributed by atoms with Gasteiger partial charge in [-0.25, -0.2) is 0 Å². The highest BCUT2D eigenvalue weighted by Crippen LogP contribution is 2.11. The first-order valence-corrected chi connectivity index (χ1v) is 7.04. The molecule has 0 unspecified atom stereocenters. The number of hydrogen-bond donors (Lipinski definition) is 1. The van der Waals surface area contributed by atoms with Crippen LogP contribution >= 0.6 is 0 Å². The third-order valence-electron chi connectivity index (χ3n) is 3.49. The highest BCUT2D eigenvalue weighted by molar-refractivity contribution is 5.99. The minimum atomic E-state index is -0.200. The van der Waals surface area contributed by atoms with Gasteiger partial charge >= 0.3 is 0 Å². The fourth-order valence-electron chi connectivity index (χ4n) is 2.46. The van der Waals surface area contributed by atoms with Crippen molar-refractivity contribution >= 4 is 11.6 Å². The molecule has 0 bridgehead atoms. The van der Waals surface area contributed by atoms with Gasteiger partial charge in [-0.1, -0.05) is 0 Å². The normalized spacial score (nSPS) is 12.5. The van der Waals surface area contributed by atoms with Gasteiger partial charge in [-0.05, 0) is 49.4 Å². The van der Waals surface area contributed by atoms with Crippen LogP contribution < -0.4 is 5.32 Å². The predicted octanol–water partition coefficient (Wildman–Crippen LogP) is 0.929. The number of aromatic nitrogens is 6. The number of pyridine rings is 1. The molecule has 0 aliphatic rings. The van der Waals surface area contributed by atoms with Crippen molar-refractivity contribution in [3.8, 4) is 0 Å². The zero-order chi connectivity index (χ0) is 15.7. The molecule has 0 radical (unpaired) electrons. The van der Waals surface area contributed by atoms with Gasteiger partial charge in [-0.2, -0.15) is 9.61 Å². The summed E-state index contributed by atoms with van der Waals surface area (Å²) in [4.78, 5) is 12.3. The van der Waals surface area contributed by atoms with Gasteiger partial charge in [0.05, 0.1) is 17.3 Å². The van der Waals surface area contributed by atoms with Crippen molar-refractivity contribution in [1.29, 1.82) is 0 Å². The molecule has 3 aromatic heterocycles. The molecule has 0 spiro atoms. The monoisotopic (exact) mass is 299 g/mol. The Hall–Kier alpha value is -2.77. The molecule has 8 nitrogen and oxygen atoms in total. The van der Waals surface area contributed by atoms with Crippen LogP contribution in [-0.2, 0) is 0 Å². The van der Waals surface area contributed by atoms with E-state index in [1.165, 1.54) is 4.52 Å². The van der Waals surface area contributed by atoms with Crippen LogP contribution in [0.2, 0.25) is 0 Å². The molecule has 0 saturated heterocycles. The van der Waals surface area contributed by atoms with Gasteiger partial charge in [0.25, 0.3) is 5.91 Å². The van der Waals surface area contributed by atoms with Crippen LogP contribution in [-0.4, -0.2) is 42.3 Å². The number of carbonyl (C=O) groups excluding carboxylic acids is 1. The second kappa shape index (κ2) is 5.55. The lowest BCUT2D eigenvalue weighted by Crippen LogP contribution is -2.30. The largest absolute Gasteiger partial charge is 0.350 e. The summed E-state index contributed by atoms with van der Waals surface area (Å²) in [7, 11) is 0. The van der Waals surface area contributed by atoms with Crippen LogP contribution in [0.3, 0.4) is 0 Å². The van der Waals surface area contributed by atoms with Gasteiger partial charge < -0.3 is 5.32 Å². The van der Waals surface area contributed by atoms with E-state index in [1.807, 2.05) is 31.5 Å². The Bertz CT molecular complexity index is 820. The number of hydrogen-bond acceptors (Lipinski definition) is 5. The molecule has 0 saturated carbocycles. The highest BCUT2D eigenvalue weighted by Gasteiger charge is 2.15. The molecular weight excluding hydrogens is 282 g/mol. The van der Waals surface area contributed by atoms with E-state index >= 15 is 0 Å². The lowest BCUT2D eigenvalue weighted by molar-refractivity contribution is 0.0949. The van der Waals surface area contributed by atoms with Crippen LogP contribution in [0.5, 0.6) is 0 Å². The van der Waals surface area contributed by atoms with Crippen molar-refractivity contribution in [3.05, 3.63) is 41.3 Å². The van der Waals surface area contributed by atoms with Crippen molar-refractivity contribution in [3.63, 3.8) is 0 Å². The Balaban J connectivity index is 1.72. The molecule has 0 fully saturated rings. The van der Waals surface area contributed by atoms with Gasteiger partial charge in [0.1, 0.15) is 0 Å². The number of carbonyl (C=O) groups is 1. The van der Waals surface area contributed by atoms with E-state index in [0.29, 0.717) is 17.8 Å². The summed E-state index contributed by atoms with van der Waals surface area (Å²) in [5.74, 6) is -0.200. The Kier molecular flexibility index (Phi) is 3.58. The van der Waals surface area contributed by atoms with Crippen LogP contribution in [0.1, 0.15) is 34.7 Å². The second-order valence-corrected chi connectivity index (χ2v) is 5.30. The van der Waals surface area contributed by atoms with E-state index in [-0.39, 0.29) is 11.9 Å². The van der Waals surface area contributed by atoms with Gasteiger partial charge in [-0.3, -0.25) is 9.48 Å². The van der Waals surface area contributed by atoms with Crippen LogP contribution in [0.4, 0.5) is 0 Å². The number of nitrogens with zero attached hydrogens (tertiary/aromatic N) is 6. The lowest BCUT2D eigenvalue weighted by atomic mass is 10.2. The molecule has 0 aromatic carbocycles. The number of rotatable bonds is 4. The Morgan fingerprint density at radius 2 is 2.23 bits per heavy atom. The third kappa shape index (κ3) is 2.54. The Labute approximate surface area is 127 Å². The zero-order valence-electron chi connectivity index (χ0n) is 12.7. The minimum absolute atomic E-state index is 0.0633. The van der Waals surface area contributed by atoms with Gasteiger partial charge in [0.15, 0.2) is 5.65 Å². The van der Waals surface area contributed by atoms with E-state index in [1.54, 1.807) is 18.3 Å². The molecule has 22 heavy (non-hydrogen) atoms. The first-order valence-electron chi connectivity index (χ1n) is 7.04. The first-order chi connectivity index (χ1) is 10.6. The molecule has 114 valence electrons. The SMILES string of the molecule is Cc1cc(C)n([C@@H](C)CNC(=O)c2cccn3nnnc23)n1. The lowest BCUT2D eigenvalue weighted by Gasteiger charge is -2.15. The van der Waals surface area contributed by atoms with Crippen molar-refractivity contribution in [2.75, 3.05) is 6.54 Å². The van der Waals surface area contributed by atoms with E-state index in [9.17, 15) is 4.79 Å².